The molecule has 1 saturated heterocycles. The number of rotatable bonds is 4. The highest BCUT2D eigenvalue weighted by Gasteiger charge is 2.32. The number of benzene rings is 1. The molecule has 0 amide bonds. The fourth-order valence-corrected chi connectivity index (χ4v) is 2.76. The molecule has 124 valence electrons. The third-order valence-corrected chi connectivity index (χ3v) is 4.25. The number of hydrogen-bond donors (Lipinski definition) is 1. The van der Waals surface area contributed by atoms with Gasteiger partial charge in [-0.25, -0.2) is 0 Å². The molecule has 1 heterocycles. The van der Waals surface area contributed by atoms with Crippen molar-refractivity contribution in [2.45, 2.75) is 37.8 Å². The van der Waals surface area contributed by atoms with E-state index in [1.54, 1.807) is 6.07 Å². The lowest BCUT2D eigenvalue weighted by molar-refractivity contribution is -0.137. The smallest absolute Gasteiger partial charge is 0.416 e. The maximum atomic E-state index is 13.1. The Bertz CT molecular complexity index is 497. The number of halogens is 4. The van der Waals surface area contributed by atoms with Crippen LogP contribution >= 0.6 is 12.4 Å². The lowest BCUT2D eigenvalue weighted by atomic mass is 9.89. The first-order valence-electron chi connectivity index (χ1n) is 7.58. The maximum absolute atomic E-state index is 13.1. The van der Waals surface area contributed by atoms with Crippen molar-refractivity contribution in [3.05, 3.63) is 29.3 Å². The predicted molar refractivity (Wildman–Crippen MR) is 81.8 cm³/mol. The van der Waals surface area contributed by atoms with E-state index in [1.165, 1.54) is 6.07 Å². The molecule has 6 heteroatoms. The van der Waals surface area contributed by atoms with Crippen LogP contribution in [0.1, 0.15) is 42.7 Å². The molecule has 0 bridgehead atoms. The van der Waals surface area contributed by atoms with Crippen molar-refractivity contribution in [1.82, 2.24) is 5.32 Å². The van der Waals surface area contributed by atoms with Crippen LogP contribution < -0.4 is 10.1 Å². The summed E-state index contributed by atoms with van der Waals surface area (Å²) in [5.41, 5.74) is 0.168. The van der Waals surface area contributed by atoms with Crippen molar-refractivity contribution < 1.29 is 17.9 Å². The SMILES string of the molecule is Cl.FC(F)(F)c1cc(OCC2CC2)cc(C2CCNCC2)c1. The van der Waals surface area contributed by atoms with Crippen molar-refractivity contribution in [3.8, 4) is 5.75 Å². The van der Waals surface area contributed by atoms with Gasteiger partial charge in [0.05, 0.1) is 12.2 Å². The first-order chi connectivity index (χ1) is 10.0. The van der Waals surface area contributed by atoms with Gasteiger partial charge in [-0.15, -0.1) is 12.4 Å². The van der Waals surface area contributed by atoms with Crippen molar-refractivity contribution in [1.29, 1.82) is 0 Å². The lowest BCUT2D eigenvalue weighted by Gasteiger charge is -2.24. The van der Waals surface area contributed by atoms with Crippen LogP contribution in [0, 0.1) is 5.92 Å². The summed E-state index contributed by atoms with van der Waals surface area (Å²) < 4.78 is 44.8. The second-order valence-corrected chi connectivity index (χ2v) is 6.07. The van der Waals surface area contributed by atoms with E-state index < -0.39 is 11.7 Å². The Balaban J connectivity index is 0.00000176. The fourth-order valence-electron chi connectivity index (χ4n) is 2.76. The van der Waals surface area contributed by atoms with E-state index in [9.17, 15) is 13.2 Å². The molecule has 0 atom stereocenters. The van der Waals surface area contributed by atoms with Gasteiger partial charge in [0.1, 0.15) is 5.75 Å². The van der Waals surface area contributed by atoms with Crippen LogP contribution in [0.3, 0.4) is 0 Å². The second kappa shape index (κ2) is 7.09. The molecule has 22 heavy (non-hydrogen) atoms. The number of hydrogen-bond acceptors (Lipinski definition) is 2. The van der Waals surface area contributed by atoms with Crippen LogP contribution in [0.4, 0.5) is 13.2 Å². The normalized spacial score (nSPS) is 19.6. The summed E-state index contributed by atoms with van der Waals surface area (Å²) in [6.07, 6.45) is -0.312. The minimum atomic E-state index is -4.32. The molecule has 1 aliphatic carbocycles. The maximum Gasteiger partial charge on any atom is 0.416 e. The number of nitrogens with one attached hydrogen (secondary N) is 1. The quantitative estimate of drug-likeness (QED) is 0.881. The Hall–Kier alpha value is -0.940. The van der Waals surface area contributed by atoms with E-state index in [0.717, 1.165) is 50.4 Å². The molecular weight excluding hydrogens is 315 g/mol. The lowest BCUT2D eigenvalue weighted by Crippen LogP contribution is -2.26. The number of alkyl halides is 3. The highest BCUT2D eigenvalue weighted by Crippen LogP contribution is 2.37. The largest absolute Gasteiger partial charge is 0.493 e. The van der Waals surface area contributed by atoms with Crippen molar-refractivity contribution in [2.75, 3.05) is 19.7 Å². The molecule has 1 N–H and O–H groups in total. The Kier molecular flexibility index (Phi) is 5.61. The van der Waals surface area contributed by atoms with E-state index in [2.05, 4.69) is 5.32 Å². The highest BCUT2D eigenvalue weighted by atomic mass is 35.5. The number of piperidine rings is 1. The Morgan fingerprint density at radius 2 is 1.73 bits per heavy atom. The molecule has 3 rings (SSSR count). The summed E-state index contributed by atoms with van der Waals surface area (Å²) in [6.45, 7) is 2.26. The zero-order valence-electron chi connectivity index (χ0n) is 12.3. The van der Waals surface area contributed by atoms with E-state index in [4.69, 9.17) is 4.74 Å². The van der Waals surface area contributed by atoms with E-state index in [0.29, 0.717) is 18.3 Å². The van der Waals surface area contributed by atoms with Gasteiger partial charge in [0.15, 0.2) is 0 Å². The Morgan fingerprint density at radius 1 is 1.05 bits per heavy atom. The highest BCUT2D eigenvalue weighted by molar-refractivity contribution is 5.85. The zero-order valence-corrected chi connectivity index (χ0v) is 13.1. The van der Waals surface area contributed by atoms with Crippen molar-refractivity contribution in [3.63, 3.8) is 0 Å². The molecule has 0 spiro atoms. The van der Waals surface area contributed by atoms with E-state index in [1.807, 2.05) is 0 Å². The van der Waals surface area contributed by atoms with Gasteiger partial charge in [0.25, 0.3) is 0 Å². The molecule has 1 aliphatic heterocycles. The summed E-state index contributed by atoms with van der Waals surface area (Å²) in [7, 11) is 0. The summed E-state index contributed by atoms with van der Waals surface area (Å²) in [5.74, 6) is 1.09. The van der Waals surface area contributed by atoms with E-state index >= 15 is 0 Å². The van der Waals surface area contributed by atoms with Gasteiger partial charge >= 0.3 is 6.18 Å². The van der Waals surface area contributed by atoms with E-state index in [-0.39, 0.29) is 18.3 Å². The second-order valence-electron chi connectivity index (χ2n) is 6.07. The topological polar surface area (TPSA) is 21.3 Å². The van der Waals surface area contributed by atoms with Crippen molar-refractivity contribution in [2.24, 2.45) is 5.92 Å². The van der Waals surface area contributed by atoms with Crippen LogP contribution in [0.5, 0.6) is 5.75 Å². The van der Waals surface area contributed by atoms with Gasteiger partial charge in [-0.3, -0.25) is 0 Å². The van der Waals surface area contributed by atoms with Crippen LogP contribution in [0.2, 0.25) is 0 Å². The van der Waals surface area contributed by atoms with Gasteiger partial charge in [-0.1, -0.05) is 0 Å². The molecule has 0 unspecified atom stereocenters. The third-order valence-electron chi connectivity index (χ3n) is 4.25. The molecule has 2 nitrogen and oxygen atoms in total. The molecule has 2 fully saturated rings. The molecule has 1 saturated carbocycles. The molecule has 2 aliphatic rings. The van der Waals surface area contributed by atoms with Crippen LogP contribution in [-0.2, 0) is 6.18 Å². The van der Waals surface area contributed by atoms with Crippen molar-refractivity contribution >= 4 is 12.4 Å². The average Bonchev–Trinajstić information content (AvgIpc) is 3.29. The monoisotopic (exact) mass is 335 g/mol. The van der Waals surface area contributed by atoms with Gasteiger partial charge < -0.3 is 10.1 Å². The number of ether oxygens (including phenoxy) is 1. The Labute approximate surface area is 134 Å². The molecule has 1 aromatic carbocycles. The third kappa shape index (κ3) is 4.53. The van der Waals surface area contributed by atoms with Crippen LogP contribution in [0.15, 0.2) is 18.2 Å². The fraction of sp³-hybridized carbons (Fsp3) is 0.625. The predicted octanol–water partition coefficient (Wildman–Crippen LogP) is 4.38. The molecule has 0 radical (unpaired) electrons. The van der Waals surface area contributed by atoms with Crippen LogP contribution in [-0.4, -0.2) is 19.7 Å². The summed E-state index contributed by atoms with van der Waals surface area (Å²) >= 11 is 0. The molecular formula is C16H21ClF3NO. The molecule has 1 aromatic rings. The standard InChI is InChI=1S/C16H20F3NO.ClH/c17-16(18,19)14-7-13(12-3-5-20-6-4-12)8-15(9-14)21-10-11-1-2-11;/h7-9,11-12,20H,1-6,10H2;1H. The van der Waals surface area contributed by atoms with Gasteiger partial charge in [0, 0.05) is 0 Å². The Morgan fingerprint density at radius 3 is 2.32 bits per heavy atom. The van der Waals surface area contributed by atoms with Gasteiger partial charge in [0.2, 0.25) is 0 Å². The molecule has 0 aromatic heterocycles. The summed E-state index contributed by atoms with van der Waals surface area (Å²) in [6, 6.07) is 4.22. The zero-order chi connectivity index (χ0) is 14.9. The summed E-state index contributed by atoms with van der Waals surface area (Å²) in [5, 5.41) is 3.24. The first kappa shape index (κ1) is 17.4. The average molecular weight is 336 g/mol. The van der Waals surface area contributed by atoms with Gasteiger partial charge in [-0.05, 0) is 74.4 Å². The minimum Gasteiger partial charge on any atom is -0.493 e. The first-order valence-corrected chi connectivity index (χ1v) is 7.58. The van der Waals surface area contributed by atoms with Crippen LogP contribution in [0.25, 0.3) is 0 Å². The minimum absolute atomic E-state index is 0. The van der Waals surface area contributed by atoms with Gasteiger partial charge in [-0.2, -0.15) is 13.2 Å². The summed E-state index contributed by atoms with van der Waals surface area (Å²) in [4.78, 5) is 0.